The summed E-state index contributed by atoms with van der Waals surface area (Å²) in [5, 5.41) is 10.7. The lowest BCUT2D eigenvalue weighted by Gasteiger charge is -2.08. The number of aryl methyl sites for hydroxylation is 1. The number of rotatable bonds is 9. The van der Waals surface area contributed by atoms with Crippen molar-refractivity contribution < 1.29 is 23.5 Å². The highest BCUT2D eigenvalue weighted by Gasteiger charge is 2.29. The van der Waals surface area contributed by atoms with E-state index in [0.717, 1.165) is 5.56 Å². The maximum atomic E-state index is 12.7. The van der Waals surface area contributed by atoms with Crippen molar-refractivity contribution >= 4 is 41.4 Å². The molecule has 0 aliphatic heterocycles. The van der Waals surface area contributed by atoms with Crippen molar-refractivity contribution in [1.29, 1.82) is 0 Å². The van der Waals surface area contributed by atoms with Crippen molar-refractivity contribution in [3.63, 3.8) is 0 Å². The molecule has 0 saturated heterocycles. The Morgan fingerprint density at radius 2 is 1.91 bits per heavy atom. The van der Waals surface area contributed by atoms with Gasteiger partial charge in [-0.2, -0.15) is 0 Å². The van der Waals surface area contributed by atoms with Crippen molar-refractivity contribution in [2.45, 2.75) is 31.3 Å². The van der Waals surface area contributed by atoms with Gasteiger partial charge in [0.05, 0.1) is 6.61 Å². The summed E-state index contributed by atoms with van der Waals surface area (Å²) in [4.78, 5) is 36.8. The molecule has 5 N–H and O–H groups in total. The van der Waals surface area contributed by atoms with Crippen molar-refractivity contribution in [3.8, 4) is 0 Å². The zero-order chi connectivity index (χ0) is 23.3. The van der Waals surface area contributed by atoms with E-state index >= 15 is 0 Å². The van der Waals surface area contributed by atoms with E-state index in [4.69, 9.17) is 20.6 Å². The fourth-order valence-corrected chi connectivity index (χ4v) is 3.80. The van der Waals surface area contributed by atoms with Gasteiger partial charge in [0.2, 0.25) is 17.7 Å². The number of carbonyl (C=O) groups is 3. The Kier molecular flexibility index (Phi) is 7.15. The zero-order valence-corrected chi connectivity index (χ0v) is 18.3. The lowest BCUT2D eigenvalue weighted by molar-refractivity contribution is -0.116. The van der Waals surface area contributed by atoms with Gasteiger partial charge < -0.3 is 20.6 Å². The molecule has 11 nitrogen and oxygen atoms in total. The number of nitrogens with two attached hydrogens (primary N) is 2. The SMILES string of the molecule is CCOC(=O)c1c(C)oc(NC(=O)Cn2c(N)nnc2SCc2ccccc2)c1C(N)=O. The molecule has 0 spiro atoms. The van der Waals surface area contributed by atoms with Crippen LogP contribution in [0.2, 0.25) is 0 Å². The topological polar surface area (TPSA) is 168 Å². The Bertz CT molecular complexity index is 1140. The molecule has 0 aliphatic rings. The lowest BCUT2D eigenvalue weighted by atomic mass is 10.1. The molecule has 0 unspecified atom stereocenters. The number of hydrogen-bond donors (Lipinski definition) is 3. The average molecular weight is 459 g/mol. The first-order valence-electron chi connectivity index (χ1n) is 9.57. The number of furan rings is 1. The first kappa shape index (κ1) is 22.9. The summed E-state index contributed by atoms with van der Waals surface area (Å²) in [6.07, 6.45) is 0. The van der Waals surface area contributed by atoms with Crippen LogP contribution in [0.5, 0.6) is 0 Å². The fraction of sp³-hybridized carbons (Fsp3) is 0.250. The average Bonchev–Trinajstić information content (AvgIpc) is 3.26. The minimum atomic E-state index is -0.942. The van der Waals surface area contributed by atoms with E-state index in [1.807, 2.05) is 30.3 Å². The van der Waals surface area contributed by atoms with Crippen LogP contribution in [-0.4, -0.2) is 39.2 Å². The number of benzene rings is 1. The monoisotopic (exact) mass is 458 g/mol. The van der Waals surface area contributed by atoms with Crippen molar-refractivity contribution in [2.24, 2.45) is 5.73 Å². The fourth-order valence-electron chi connectivity index (χ4n) is 2.90. The summed E-state index contributed by atoms with van der Waals surface area (Å²) in [5.41, 5.74) is 12.0. The van der Waals surface area contributed by atoms with Crippen LogP contribution in [0.4, 0.5) is 11.8 Å². The minimum Gasteiger partial charge on any atom is -0.462 e. The maximum absolute atomic E-state index is 12.7. The Hall–Kier alpha value is -3.80. The molecule has 0 aliphatic carbocycles. The molecule has 12 heteroatoms. The van der Waals surface area contributed by atoms with E-state index in [1.165, 1.54) is 23.3 Å². The summed E-state index contributed by atoms with van der Waals surface area (Å²) in [7, 11) is 0. The summed E-state index contributed by atoms with van der Waals surface area (Å²) in [5.74, 6) is -1.79. The predicted octanol–water partition coefficient (Wildman–Crippen LogP) is 1.97. The number of hydrogen-bond acceptors (Lipinski definition) is 9. The molecule has 0 radical (unpaired) electrons. The molecule has 2 amide bonds. The number of thioether (sulfide) groups is 1. The van der Waals surface area contributed by atoms with E-state index < -0.39 is 17.8 Å². The third-order valence-electron chi connectivity index (χ3n) is 4.32. The number of nitrogen functional groups attached to an aromatic ring is 1. The summed E-state index contributed by atoms with van der Waals surface area (Å²) < 4.78 is 11.8. The minimum absolute atomic E-state index is 0.0497. The third-order valence-corrected chi connectivity index (χ3v) is 5.36. The molecule has 168 valence electrons. The highest BCUT2D eigenvalue weighted by atomic mass is 32.2. The first-order valence-corrected chi connectivity index (χ1v) is 10.6. The number of primary amides is 1. The standard InChI is InChI=1S/C20H22N6O5S/c1-3-30-18(29)14-11(2)31-17(15(14)16(21)28)23-13(27)9-26-19(22)24-25-20(26)32-10-12-7-5-4-6-8-12/h4-8H,3,9-10H2,1-2H3,(H2,21,28)(H2,22,24)(H,23,27). The van der Waals surface area contributed by atoms with Crippen molar-refractivity contribution in [3.05, 3.63) is 52.8 Å². The van der Waals surface area contributed by atoms with Gasteiger partial charge in [-0.25, -0.2) is 4.79 Å². The van der Waals surface area contributed by atoms with Crippen molar-refractivity contribution in [1.82, 2.24) is 14.8 Å². The van der Waals surface area contributed by atoms with Crippen LogP contribution in [0, 0.1) is 6.92 Å². The molecule has 2 aromatic heterocycles. The summed E-state index contributed by atoms with van der Waals surface area (Å²) in [6, 6.07) is 9.71. The van der Waals surface area contributed by atoms with Gasteiger partial charge in [-0.15, -0.1) is 10.2 Å². The van der Waals surface area contributed by atoms with Gasteiger partial charge in [0.25, 0.3) is 5.91 Å². The molecule has 3 rings (SSSR count). The van der Waals surface area contributed by atoms with Crippen LogP contribution in [-0.2, 0) is 21.8 Å². The second-order valence-electron chi connectivity index (χ2n) is 6.57. The van der Waals surface area contributed by atoms with Crippen LogP contribution in [0.1, 0.15) is 39.0 Å². The van der Waals surface area contributed by atoms with E-state index in [-0.39, 0.29) is 41.9 Å². The van der Waals surface area contributed by atoms with Gasteiger partial charge in [0.1, 0.15) is 23.4 Å². The van der Waals surface area contributed by atoms with E-state index in [1.54, 1.807) is 6.92 Å². The maximum Gasteiger partial charge on any atom is 0.342 e. The van der Waals surface area contributed by atoms with Gasteiger partial charge in [-0.05, 0) is 19.4 Å². The molecule has 0 bridgehead atoms. The van der Waals surface area contributed by atoms with Crippen molar-refractivity contribution in [2.75, 3.05) is 17.7 Å². The molecule has 32 heavy (non-hydrogen) atoms. The molecule has 0 atom stereocenters. The number of amides is 2. The number of esters is 1. The Balaban J connectivity index is 1.77. The molecule has 0 saturated carbocycles. The summed E-state index contributed by atoms with van der Waals surface area (Å²) >= 11 is 1.36. The molecule has 2 heterocycles. The number of ether oxygens (including phenoxy) is 1. The highest BCUT2D eigenvalue weighted by Crippen LogP contribution is 2.28. The Labute approximate surface area is 187 Å². The van der Waals surface area contributed by atoms with Crippen LogP contribution >= 0.6 is 11.8 Å². The smallest absolute Gasteiger partial charge is 0.342 e. The number of aromatic nitrogens is 3. The van der Waals surface area contributed by atoms with Gasteiger partial charge in [-0.3, -0.25) is 19.5 Å². The lowest BCUT2D eigenvalue weighted by Crippen LogP contribution is -2.23. The highest BCUT2D eigenvalue weighted by molar-refractivity contribution is 7.98. The van der Waals surface area contributed by atoms with Gasteiger partial charge >= 0.3 is 5.97 Å². The number of anilines is 2. The molecule has 1 aromatic carbocycles. The molecular weight excluding hydrogens is 436 g/mol. The third kappa shape index (κ3) is 5.09. The largest absolute Gasteiger partial charge is 0.462 e. The number of nitrogens with zero attached hydrogens (tertiary/aromatic N) is 3. The quantitative estimate of drug-likeness (QED) is 0.320. The predicted molar refractivity (Wildman–Crippen MR) is 117 cm³/mol. The summed E-state index contributed by atoms with van der Waals surface area (Å²) in [6.45, 7) is 2.93. The number of carbonyl (C=O) groups excluding carboxylic acids is 3. The van der Waals surface area contributed by atoms with E-state index in [2.05, 4.69) is 15.5 Å². The molecular formula is C20H22N6O5S. The van der Waals surface area contributed by atoms with Crippen LogP contribution < -0.4 is 16.8 Å². The normalized spacial score (nSPS) is 10.7. The Morgan fingerprint density at radius 1 is 1.19 bits per heavy atom. The second kappa shape index (κ2) is 10.0. The zero-order valence-electron chi connectivity index (χ0n) is 17.5. The van der Waals surface area contributed by atoms with Crippen LogP contribution in [0.15, 0.2) is 39.9 Å². The van der Waals surface area contributed by atoms with Crippen LogP contribution in [0.3, 0.4) is 0 Å². The first-order chi connectivity index (χ1) is 15.3. The van der Waals surface area contributed by atoms with Gasteiger partial charge in [-0.1, -0.05) is 42.1 Å². The van der Waals surface area contributed by atoms with E-state index in [0.29, 0.717) is 10.9 Å². The Morgan fingerprint density at radius 3 is 2.56 bits per heavy atom. The molecule has 3 aromatic rings. The van der Waals surface area contributed by atoms with E-state index in [9.17, 15) is 14.4 Å². The van der Waals surface area contributed by atoms with Gasteiger partial charge in [0, 0.05) is 5.75 Å². The van der Waals surface area contributed by atoms with Gasteiger partial charge in [0.15, 0.2) is 5.16 Å². The molecule has 0 fully saturated rings. The number of nitrogens with one attached hydrogen (secondary N) is 1. The van der Waals surface area contributed by atoms with Crippen LogP contribution in [0.25, 0.3) is 0 Å². The second-order valence-corrected chi connectivity index (χ2v) is 7.51.